The van der Waals surface area contributed by atoms with Crippen molar-refractivity contribution in [3.05, 3.63) is 29.8 Å². The number of hydrogen-bond acceptors (Lipinski definition) is 4. The molecule has 0 bridgehead atoms. The third kappa shape index (κ3) is 4.44. The fourth-order valence-corrected chi connectivity index (χ4v) is 2.61. The van der Waals surface area contributed by atoms with Crippen LogP contribution in [0.4, 0.5) is 0 Å². The zero-order valence-corrected chi connectivity index (χ0v) is 12.9. The van der Waals surface area contributed by atoms with Crippen LogP contribution < -0.4 is 15.4 Å². The summed E-state index contributed by atoms with van der Waals surface area (Å²) in [6.45, 7) is 6.39. The highest BCUT2D eigenvalue weighted by molar-refractivity contribution is 5.81. The second-order valence-corrected chi connectivity index (χ2v) is 5.31. The molecule has 1 heterocycles. The summed E-state index contributed by atoms with van der Waals surface area (Å²) in [5, 5.41) is 6.32. The smallest absolute Gasteiger partial charge is 0.237 e. The van der Waals surface area contributed by atoms with Crippen molar-refractivity contribution in [3.8, 4) is 5.75 Å². The first-order valence-corrected chi connectivity index (χ1v) is 7.56. The number of hydrogen-bond donors (Lipinski definition) is 2. The van der Waals surface area contributed by atoms with E-state index < -0.39 is 0 Å². The second kappa shape index (κ2) is 8.00. The van der Waals surface area contributed by atoms with Crippen LogP contribution in [0.25, 0.3) is 0 Å². The van der Waals surface area contributed by atoms with Crippen LogP contribution in [0.3, 0.4) is 0 Å². The molecule has 1 amide bonds. The molecule has 1 unspecified atom stereocenters. The van der Waals surface area contributed by atoms with Crippen LogP contribution in [0.15, 0.2) is 24.3 Å². The average Bonchev–Trinajstić information content (AvgIpc) is 2.55. The van der Waals surface area contributed by atoms with Crippen LogP contribution >= 0.6 is 0 Å². The normalized spacial score (nSPS) is 17.2. The Labute approximate surface area is 126 Å². The van der Waals surface area contributed by atoms with Gasteiger partial charge >= 0.3 is 0 Å². The SMILES string of the molecule is COc1ccccc1CCNC(=O)C(C)N1CCNCC1. The molecule has 0 aliphatic carbocycles. The number of para-hydroxylation sites is 1. The summed E-state index contributed by atoms with van der Waals surface area (Å²) in [7, 11) is 1.67. The molecular formula is C16H25N3O2. The van der Waals surface area contributed by atoms with Gasteiger partial charge in [-0.1, -0.05) is 18.2 Å². The number of nitrogens with zero attached hydrogens (tertiary/aromatic N) is 1. The van der Waals surface area contributed by atoms with Gasteiger partial charge in [0.05, 0.1) is 13.2 Å². The highest BCUT2D eigenvalue weighted by Gasteiger charge is 2.22. The summed E-state index contributed by atoms with van der Waals surface area (Å²) in [6.07, 6.45) is 0.782. The minimum Gasteiger partial charge on any atom is -0.496 e. The van der Waals surface area contributed by atoms with Gasteiger partial charge in [-0.2, -0.15) is 0 Å². The largest absolute Gasteiger partial charge is 0.496 e. The Morgan fingerprint density at radius 3 is 2.81 bits per heavy atom. The summed E-state index contributed by atoms with van der Waals surface area (Å²) in [5.41, 5.74) is 1.12. The van der Waals surface area contributed by atoms with Gasteiger partial charge in [0, 0.05) is 32.7 Å². The number of carbonyl (C=O) groups is 1. The quantitative estimate of drug-likeness (QED) is 0.808. The molecule has 1 atom stereocenters. The topological polar surface area (TPSA) is 53.6 Å². The number of piperazine rings is 1. The van der Waals surface area contributed by atoms with Crippen LogP contribution in [0.5, 0.6) is 5.75 Å². The van der Waals surface area contributed by atoms with Gasteiger partial charge in [0.15, 0.2) is 0 Å². The molecule has 0 saturated carbocycles. The Bertz CT molecular complexity index is 459. The summed E-state index contributed by atoms with van der Waals surface area (Å²) >= 11 is 0. The van der Waals surface area contributed by atoms with E-state index in [1.165, 1.54) is 0 Å². The van der Waals surface area contributed by atoms with Gasteiger partial charge in [0.25, 0.3) is 0 Å². The number of nitrogens with one attached hydrogen (secondary N) is 2. The number of amides is 1. The second-order valence-electron chi connectivity index (χ2n) is 5.31. The first-order chi connectivity index (χ1) is 10.2. The molecule has 1 aliphatic rings. The molecule has 2 rings (SSSR count). The maximum Gasteiger partial charge on any atom is 0.237 e. The van der Waals surface area contributed by atoms with Crippen LogP contribution in [0.2, 0.25) is 0 Å². The Morgan fingerprint density at radius 2 is 2.10 bits per heavy atom. The number of methoxy groups -OCH3 is 1. The van der Waals surface area contributed by atoms with Crippen molar-refractivity contribution in [2.24, 2.45) is 0 Å². The Hall–Kier alpha value is -1.59. The highest BCUT2D eigenvalue weighted by atomic mass is 16.5. The van der Waals surface area contributed by atoms with Crippen molar-refractivity contribution >= 4 is 5.91 Å². The molecule has 21 heavy (non-hydrogen) atoms. The van der Waals surface area contributed by atoms with E-state index in [0.717, 1.165) is 43.9 Å². The maximum atomic E-state index is 12.2. The van der Waals surface area contributed by atoms with Gasteiger partial charge in [0.2, 0.25) is 5.91 Å². The molecule has 5 heteroatoms. The minimum absolute atomic E-state index is 0.0650. The molecule has 0 spiro atoms. The van der Waals surface area contributed by atoms with Gasteiger partial charge in [-0.3, -0.25) is 9.69 Å². The van der Waals surface area contributed by atoms with E-state index >= 15 is 0 Å². The van der Waals surface area contributed by atoms with Gasteiger partial charge in [0.1, 0.15) is 5.75 Å². The van der Waals surface area contributed by atoms with Gasteiger partial charge in [-0.05, 0) is 25.0 Å². The molecule has 0 aromatic heterocycles. The summed E-state index contributed by atoms with van der Waals surface area (Å²) in [6, 6.07) is 7.85. The predicted octanol–water partition coefficient (Wildman–Crippen LogP) is 0.648. The van der Waals surface area contributed by atoms with Crippen molar-refractivity contribution in [1.29, 1.82) is 0 Å². The van der Waals surface area contributed by atoms with Crippen LogP contribution in [0, 0.1) is 0 Å². The van der Waals surface area contributed by atoms with E-state index in [2.05, 4.69) is 15.5 Å². The summed E-state index contributed by atoms with van der Waals surface area (Å²) in [5.74, 6) is 0.980. The lowest BCUT2D eigenvalue weighted by Crippen LogP contribution is -2.52. The van der Waals surface area contributed by atoms with Crippen LogP contribution in [0.1, 0.15) is 12.5 Å². The van der Waals surface area contributed by atoms with Crippen molar-refractivity contribution < 1.29 is 9.53 Å². The molecule has 5 nitrogen and oxygen atoms in total. The third-order valence-electron chi connectivity index (χ3n) is 3.96. The fourth-order valence-electron chi connectivity index (χ4n) is 2.61. The number of ether oxygens (including phenoxy) is 1. The van der Waals surface area contributed by atoms with E-state index in [1.807, 2.05) is 31.2 Å². The average molecular weight is 291 g/mol. The van der Waals surface area contributed by atoms with E-state index in [1.54, 1.807) is 7.11 Å². The summed E-state index contributed by atoms with van der Waals surface area (Å²) in [4.78, 5) is 14.4. The van der Waals surface area contributed by atoms with E-state index in [0.29, 0.717) is 6.54 Å². The van der Waals surface area contributed by atoms with Gasteiger partial charge < -0.3 is 15.4 Å². The lowest BCUT2D eigenvalue weighted by molar-refractivity contribution is -0.126. The molecule has 1 saturated heterocycles. The van der Waals surface area contributed by atoms with Gasteiger partial charge in [-0.25, -0.2) is 0 Å². The lowest BCUT2D eigenvalue weighted by atomic mass is 10.1. The Morgan fingerprint density at radius 1 is 1.38 bits per heavy atom. The minimum atomic E-state index is -0.0650. The van der Waals surface area contributed by atoms with Crippen molar-refractivity contribution in [3.63, 3.8) is 0 Å². The molecule has 1 aromatic rings. The zero-order chi connectivity index (χ0) is 15.1. The van der Waals surface area contributed by atoms with E-state index in [-0.39, 0.29) is 11.9 Å². The fraction of sp³-hybridized carbons (Fsp3) is 0.562. The molecule has 1 aliphatic heterocycles. The van der Waals surface area contributed by atoms with Crippen molar-refractivity contribution in [1.82, 2.24) is 15.5 Å². The molecule has 116 valence electrons. The molecule has 0 radical (unpaired) electrons. The molecular weight excluding hydrogens is 266 g/mol. The number of benzene rings is 1. The number of carbonyl (C=O) groups excluding carboxylic acids is 1. The zero-order valence-electron chi connectivity index (χ0n) is 12.9. The third-order valence-corrected chi connectivity index (χ3v) is 3.96. The molecule has 1 fully saturated rings. The molecule has 2 N–H and O–H groups in total. The monoisotopic (exact) mass is 291 g/mol. The first kappa shape index (κ1) is 15.8. The van der Waals surface area contributed by atoms with Crippen LogP contribution in [-0.2, 0) is 11.2 Å². The van der Waals surface area contributed by atoms with Crippen molar-refractivity contribution in [2.45, 2.75) is 19.4 Å². The standard InChI is InChI=1S/C16H25N3O2/c1-13(19-11-9-17-10-12-19)16(20)18-8-7-14-5-3-4-6-15(14)21-2/h3-6,13,17H,7-12H2,1-2H3,(H,18,20). The van der Waals surface area contributed by atoms with Crippen molar-refractivity contribution in [2.75, 3.05) is 39.8 Å². The number of rotatable bonds is 6. The van der Waals surface area contributed by atoms with Gasteiger partial charge in [-0.15, -0.1) is 0 Å². The Kier molecular flexibility index (Phi) is 6.02. The Balaban J connectivity index is 1.78. The summed E-state index contributed by atoms with van der Waals surface area (Å²) < 4.78 is 5.32. The highest BCUT2D eigenvalue weighted by Crippen LogP contribution is 2.17. The first-order valence-electron chi connectivity index (χ1n) is 7.56. The van der Waals surface area contributed by atoms with Crippen LogP contribution in [-0.4, -0.2) is 56.7 Å². The molecule has 1 aromatic carbocycles. The van der Waals surface area contributed by atoms with E-state index in [9.17, 15) is 4.79 Å². The predicted molar refractivity (Wildman–Crippen MR) is 83.6 cm³/mol. The van der Waals surface area contributed by atoms with E-state index in [4.69, 9.17) is 4.74 Å². The maximum absolute atomic E-state index is 12.2. The lowest BCUT2D eigenvalue weighted by Gasteiger charge is -2.31.